The minimum absolute atomic E-state index is 0.00243. The highest BCUT2D eigenvalue weighted by Gasteiger charge is 2.41. The molecule has 0 aromatic heterocycles. The summed E-state index contributed by atoms with van der Waals surface area (Å²) in [5, 5.41) is 3.65. The number of allylic oxidation sites excluding steroid dienone is 1. The smallest absolute Gasteiger partial charge is 0.0606 e. The summed E-state index contributed by atoms with van der Waals surface area (Å²) in [6.07, 6.45) is 16.6. The zero-order valence-corrected chi connectivity index (χ0v) is 18.1. The zero-order chi connectivity index (χ0) is 19.4. The monoisotopic (exact) mass is 381 g/mol. The summed E-state index contributed by atoms with van der Waals surface area (Å²) in [6.45, 7) is 4.97. The fourth-order valence-corrected chi connectivity index (χ4v) is 6.17. The highest BCUT2D eigenvalue weighted by atomic mass is 16.5. The van der Waals surface area contributed by atoms with Crippen molar-refractivity contribution >= 4 is 5.57 Å². The molecule has 154 valence electrons. The third-order valence-corrected chi connectivity index (χ3v) is 7.54. The molecule has 1 aromatic carbocycles. The minimum Gasteiger partial charge on any atom is -0.383 e. The zero-order valence-electron chi connectivity index (χ0n) is 18.1. The number of benzene rings is 1. The average Bonchev–Trinajstić information content (AvgIpc) is 3.09. The Morgan fingerprint density at radius 3 is 2.29 bits per heavy atom. The lowest BCUT2D eigenvalue weighted by atomic mass is 9.75. The van der Waals surface area contributed by atoms with Crippen molar-refractivity contribution in [2.24, 2.45) is 5.92 Å². The first-order valence-electron chi connectivity index (χ1n) is 11.8. The molecule has 0 aliphatic heterocycles. The largest absolute Gasteiger partial charge is 0.383 e. The van der Waals surface area contributed by atoms with Gasteiger partial charge in [0, 0.05) is 13.7 Å². The van der Waals surface area contributed by atoms with Crippen LogP contribution in [0.2, 0.25) is 0 Å². The summed E-state index contributed by atoms with van der Waals surface area (Å²) in [7, 11) is 1.87. The Balaban J connectivity index is 1.80. The van der Waals surface area contributed by atoms with E-state index in [9.17, 15) is 0 Å². The Kier molecular flexibility index (Phi) is 6.58. The van der Waals surface area contributed by atoms with Crippen LogP contribution in [0, 0.1) is 5.92 Å². The van der Waals surface area contributed by atoms with Crippen molar-refractivity contribution in [3.63, 3.8) is 0 Å². The molecule has 2 fully saturated rings. The topological polar surface area (TPSA) is 21.3 Å². The van der Waals surface area contributed by atoms with Gasteiger partial charge in [-0.05, 0) is 66.3 Å². The van der Waals surface area contributed by atoms with Gasteiger partial charge in [0.25, 0.3) is 0 Å². The molecule has 4 rings (SSSR count). The first kappa shape index (κ1) is 20.2. The number of hydrogen-bond donors (Lipinski definition) is 1. The molecular formula is C26H39NO. The summed E-state index contributed by atoms with van der Waals surface area (Å²) >= 11 is 0. The molecule has 0 amide bonds. The molecule has 0 radical (unpaired) electrons. The molecule has 1 aromatic rings. The van der Waals surface area contributed by atoms with Gasteiger partial charge < -0.3 is 10.1 Å². The molecule has 0 heterocycles. The van der Waals surface area contributed by atoms with Gasteiger partial charge in [0.2, 0.25) is 0 Å². The molecule has 3 aliphatic carbocycles. The second-order valence-electron chi connectivity index (χ2n) is 9.41. The van der Waals surface area contributed by atoms with Gasteiger partial charge in [-0.3, -0.25) is 0 Å². The van der Waals surface area contributed by atoms with E-state index in [0.29, 0.717) is 0 Å². The third kappa shape index (κ3) is 3.83. The molecule has 0 spiro atoms. The summed E-state index contributed by atoms with van der Waals surface area (Å²) in [6, 6.07) is 7.20. The molecule has 1 atom stereocenters. The first-order chi connectivity index (χ1) is 13.8. The number of nitrogens with one attached hydrogen (secondary N) is 1. The van der Waals surface area contributed by atoms with Crippen LogP contribution < -0.4 is 5.32 Å². The fourth-order valence-electron chi connectivity index (χ4n) is 6.17. The van der Waals surface area contributed by atoms with E-state index in [1.807, 2.05) is 7.11 Å². The Labute approximate surface area is 172 Å². The van der Waals surface area contributed by atoms with Gasteiger partial charge >= 0.3 is 0 Å². The number of methoxy groups -OCH3 is 1. The molecule has 3 aliphatic rings. The van der Waals surface area contributed by atoms with Crippen LogP contribution in [0.15, 0.2) is 24.3 Å². The van der Waals surface area contributed by atoms with Crippen LogP contribution in [0.5, 0.6) is 0 Å². The minimum atomic E-state index is -0.00243. The lowest BCUT2D eigenvalue weighted by molar-refractivity contribution is 0.151. The second-order valence-corrected chi connectivity index (χ2v) is 9.41. The molecule has 2 saturated carbocycles. The highest BCUT2D eigenvalue weighted by molar-refractivity contribution is 5.81. The third-order valence-electron chi connectivity index (χ3n) is 7.54. The standard InChI is InChI=1S/C26H39NO/c1-3-27-18-26(19-28-2)17-23(21-13-8-5-9-14-21)25-22(15-10-16-24(25)26)20-11-6-4-7-12-20/h10,15-17,20-21,27H,3-9,11-14,18-19H2,1-2H3. The molecule has 28 heavy (non-hydrogen) atoms. The molecule has 1 N–H and O–H groups in total. The van der Waals surface area contributed by atoms with Gasteiger partial charge in [-0.1, -0.05) is 69.7 Å². The van der Waals surface area contributed by atoms with Gasteiger partial charge in [-0.2, -0.15) is 0 Å². The summed E-state index contributed by atoms with van der Waals surface area (Å²) in [4.78, 5) is 0. The number of rotatable bonds is 7. The maximum atomic E-state index is 5.82. The second kappa shape index (κ2) is 9.13. The van der Waals surface area contributed by atoms with E-state index in [4.69, 9.17) is 4.74 Å². The molecule has 2 heteroatoms. The quantitative estimate of drug-likeness (QED) is 0.606. The van der Waals surface area contributed by atoms with E-state index in [-0.39, 0.29) is 5.41 Å². The van der Waals surface area contributed by atoms with Crippen molar-refractivity contribution in [1.29, 1.82) is 0 Å². The van der Waals surface area contributed by atoms with Crippen LogP contribution >= 0.6 is 0 Å². The van der Waals surface area contributed by atoms with Gasteiger partial charge in [0.1, 0.15) is 0 Å². The predicted octanol–water partition coefficient (Wildman–Crippen LogP) is 6.21. The van der Waals surface area contributed by atoms with Gasteiger partial charge in [0.05, 0.1) is 12.0 Å². The van der Waals surface area contributed by atoms with Crippen molar-refractivity contribution in [3.05, 3.63) is 41.0 Å². The van der Waals surface area contributed by atoms with Crippen LogP contribution in [0.25, 0.3) is 5.57 Å². The van der Waals surface area contributed by atoms with Gasteiger partial charge in [-0.15, -0.1) is 0 Å². The van der Waals surface area contributed by atoms with Crippen molar-refractivity contribution in [2.45, 2.75) is 82.5 Å². The molecule has 2 nitrogen and oxygen atoms in total. The van der Waals surface area contributed by atoms with Crippen molar-refractivity contribution in [3.8, 4) is 0 Å². The Bertz CT molecular complexity index is 682. The van der Waals surface area contributed by atoms with Crippen molar-refractivity contribution < 1.29 is 4.74 Å². The molecule has 1 unspecified atom stereocenters. The Morgan fingerprint density at radius 2 is 1.64 bits per heavy atom. The number of ether oxygens (including phenoxy) is 1. The number of likely N-dealkylation sites (N-methyl/N-ethyl adjacent to an activating group) is 1. The van der Waals surface area contributed by atoms with E-state index >= 15 is 0 Å². The lowest BCUT2D eigenvalue weighted by Gasteiger charge is -2.31. The van der Waals surface area contributed by atoms with Crippen LogP contribution in [-0.4, -0.2) is 26.8 Å². The molecule has 0 saturated heterocycles. The Morgan fingerprint density at radius 1 is 0.964 bits per heavy atom. The Hall–Kier alpha value is -1.12. The van der Waals surface area contributed by atoms with E-state index in [0.717, 1.165) is 31.5 Å². The molecule has 0 bridgehead atoms. The normalized spacial score (nSPS) is 26.3. The maximum absolute atomic E-state index is 5.82. The van der Waals surface area contributed by atoms with E-state index in [1.165, 1.54) is 64.2 Å². The van der Waals surface area contributed by atoms with Crippen LogP contribution in [0.1, 0.15) is 93.7 Å². The number of fused-ring (bicyclic) bond motifs is 1. The van der Waals surface area contributed by atoms with E-state index in [2.05, 4.69) is 36.5 Å². The number of hydrogen-bond acceptors (Lipinski definition) is 2. The summed E-state index contributed by atoms with van der Waals surface area (Å²) in [5.74, 6) is 1.51. The average molecular weight is 382 g/mol. The SMILES string of the molecule is CCNCC1(COC)C=C(C2CCCCC2)c2c(C3CCCCC3)cccc21. The first-order valence-corrected chi connectivity index (χ1v) is 11.8. The van der Waals surface area contributed by atoms with Gasteiger partial charge in [0.15, 0.2) is 0 Å². The van der Waals surface area contributed by atoms with Crippen LogP contribution in [0.3, 0.4) is 0 Å². The van der Waals surface area contributed by atoms with Crippen molar-refractivity contribution in [2.75, 3.05) is 26.8 Å². The van der Waals surface area contributed by atoms with E-state index < -0.39 is 0 Å². The summed E-state index contributed by atoms with van der Waals surface area (Å²) < 4.78 is 5.82. The van der Waals surface area contributed by atoms with Crippen molar-refractivity contribution in [1.82, 2.24) is 5.32 Å². The highest BCUT2D eigenvalue weighted by Crippen LogP contribution is 2.51. The lowest BCUT2D eigenvalue weighted by Crippen LogP contribution is -2.39. The maximum Gasteiger partial charge on any atom is 0.0606 e. The summed E-state index contributed by atoms with van der Waals surface area (Å²) in [5.41, 5.74) is 6.50. The van der Waals surface area contributed by atoms with E-state index in [1.54, 1.807) is 22.3 Å². The molecular weight excluding hydrogens is 342 g/mol. The van der Waals surface area contributed by atoms with Crippen LogP contribution in [-0.2, 0) is 10.2 Å². The van der Waals surface area contributed by atoms with Gasteiger partial charge in [-0.25, -0.2) is 0 Å². The van der Waals surface area contributed by atoms with Crippen LogP contribution in [0.4, 0.5) is 0 Å². The predicted molar refractivity (Wildman–Crippen MR) is 119 cm³/mol. The fraction of sp³-hybridized carbons (Fsp3) is 0.692.